The quantitative estimate of drug-likeness (QED) is 0.294. The van der Waals surface area contributed by atoms with Gasteiger partial charge in [-0.3, -0.25) is 24.0 Å². The molecule has 0 radical (unpaired) electrons. The van der Waals surface area contributed by atoms with Gasteiger partial charge in [0.05, 0.1) is 25.0 Å². The molecule has 0 aromatic carbocycles. The molecule has 1 aliphatic heterocycles. The second-order valence-corrected chi connectivity index (χ2v) is 11.6. The molecule has 0 aromatic heterocycles. The summed E-state index contributed by atoms with van der Waals surface area (Å²) in [5, 5.41) is 13.7. The highest BCUT2D eigenvalue weighted by Crippen LogP contribution is 2.29. The summed E-state index contributed by atoms with van der Waals surface area (Å²) in [6.07, 6.45) is 8.62. The number of hydrogen-bond acceptors (Lipinski definition) is 11. The summed E-state index contributed by atoms with van der Waals surface area (Å²) in [4.78, 5) is 71.2. The number of hydrogen-bond donors (Lipinski definition) is 3. The first-order chi connectivity index (χ1) is 22.6. The lowest BCUT2D eigenvalue weighted by Gasteiger charge is -2.29. The lowest BCUT2D eigenvalue weighted by molar-refractivity contribution is -0.120. The number of primary amides is 1. The van der Waals surface area contributed by atoms with Crippen molar-refractivity contribution in [3.63, 3.8) is 0 Å². The van der Waals surface area contributed by atoms with Gasteiger partial charge in [-0.2, -0.15) is 0 Å². The van der Waals surface area contributed by atoms with Gasteiger partial charge in [0.1, 0.15) is 6.10 Å². The van der Waals surface area contributed by atoms with Crippen LogP contribution in [0.3, 0.4) is 0 Å². The van der Waals surface area contributed by atoms with Gasteiger partial charge in [-0.15, -0.1) is 0 Å². The van der Waals surface area contributed by atoms with Gasteiger partial charge in [0, 0.05) is 37.4 Å². The molecule has 6 atom stereocenters. The van der Waals surface area contributed by atoms with Crippen molar-refractivity contribution in [3.05, 3.63) is 82.9 Å². The van der Waals surface area contributed by atoms with Crippen LogP contribution in [0.5, 0.6) is 0 Å². The first-order valence-corrected chi connectivity index (χ1v) is 15.2. The van der Waals surface area contributed by atoms with E-state index in [1.807, 2.05) is 6.92 Å². The van der Waals surface area contributed by atoms with Crippen molar-refractivity contribution in [2.45, 2.75) is 65.0 Å². The van der Waals surface area contributed by atoms with Gasteiger partial charge in [-0.05, 0) is 62.5 Å². The van der Waals surface area contributed by atoms with Crippen molar-refractivity contribution in [3.8, 4) is 0 Å². The zero-order valence-corrected chi connectivity index (χ0v) is 28.2. The van der Waals surface area contributed by atoms with Crippen LogP contribution in [0.4, 0.5) is 4.79 Å². The maximum Gasteiger partial charge on any atom is 0.405 e. The summed E-state index contributed by atoms with van der Waals surface area (Å²) in [6.45, 7) is 6.92. The van der Waals surface area contributed by atoms with E-state index >= 15 is 0 Å². The molecule has 13 heteroatoms. The van der Waals surface area contributed by atoms with Crippen LogP contribution in [-0.2, 0) is 42.9 Å². The molecule has 0 aromatic rings. The first kappa shape index (κ1) is 39.5. The van der Waals surface area contributed by atoms with Crippen LogP contribution in [0, 0.1) is 11.8 Å². The Hall–Kier alpha value is -4.72. The third-order valence-corrected chi connectivity index (χ3v) is 7.77. The number of allylic oxidation sites excluding steroid dienone is 8. The van der Waals surface area contributed by atoms with Gasteiger partial charge in [-0.1, -0.05) is 38.2 Å². The largest absolute Gasteiger partial charge is 0.492 e. The highest BCUT2D eigenvalue weighted by Gasteiger charge is 2.34. The van der Waals surface area contributed by atoms with E-state index in [4.69, 9.17) is 24.7 Å². The molecule has 3 rings (SSSR count). The number of methoxy groups -OCH3 is 3. The topological polar surface area (TPSA) is 198 Å². The Labute approximate surface area is 279 Å². The van der Waals surface area contributed by atoms with E-state index in [-0.39, 0.29) is 46.5 Å². The molecule has 4 N–H and O–H groups in total. The molecule has 0 saturated carbocycles. The Morgan fingerprint density at radius 1 is 0.958 bits per heavy atom. The number of aliphatic hydroxyl groups is 1. The highest BCUT2D eigenvalue weighted by atomic mass is 16.6. The van der Waals surface area contributed by atoms with Gasteiger partial charge in [0.2, 0.25) is 11.6 Å². The van der Waals surface area contributed by atoms with Crippen LogP contribution >= 0.6 is 0 Å². The minimum atomic E-state index is -1.00. The number of rotatable bonds is 4. The number of fused-ring (bicyclic) bond motifs is 2. The van der Waals surface area contributed by atoms with Crippen molar-refractivity contribution in [2.24, 2.45) is 17.6 Å². The fraction of sp³-hybridized carbons (Fsp3) is 0.429. The van der Waals surface area contributed by atoms with E-state index in [0.717, 1.165) is 6.08 Å². The number of amides is 2. The maximum absolute atomic E-state index is 13.3. The van der Waals surface area contributed by atoms with Crippen molar-refractivity contribution < 1.29 is 52.8 Å². The minimum Gasteiger partial charge on any atom is -0.492 e. The Morgan fingerprint density at radius 3 is 2.08 bits per heavy atom. The molecular weight excluding hydrogens is 624 g/mol. The lowest BCUT2D eigenvalue weighted by atomic mass is 9.85. The molecule has 2 amide bonds. The normalized spacial score (nSPS) is 30.2. The number of ether oxygens (including phenoxy) is 4. The van der Waals surface area contributed by atoms with E-state index in [0.29, 0.717) is 12.0 Å². The lowest BCUT2D eigenvalue weighted by Crippen LogP contribution is -2.37. The molecule has 0 saturated heterocycles. The van der Waals surface area contributed by atoms with Gasteiger partial charge >= 0.3 is 6.09 Å². The zero-order valence-electron chi connectivity index (χ0n) is 28.2. The molecule has 48 heavy (non-hydrogen) atoms. The van der Waals surface area contributed by atoms with Crippen molar-refractivity contribution in [2.75, 3.05) is 21.3 Å². The first-order valence-electron chi connectivity index (χ1n) is 15.2. The van der Waals surface area contributed by atoms with Crippen molar-refractivity contribution in [1.29, 1.82) is 0 Å². The Kier molecular flexibility index (Phi) is 15.3. The summed E-state index contributed by atoms with van der Waals surface area (Å²) in [6, 6.07) is 0. The molecule has 2 bridgehead atoms. The Morgan fingerprint density at radius 2 is 1.56 bits per heavy atom. The number of carbonyl (C=O) groups is 6. The van der Waals surface area contributed by atoms with Gasteiger partial charge in [0.15, 0.2) is 23.4 Å². The third kappa shape index (κ3) is 11.2. The van der Waals surface area contributed by atoms with Crippen LogP contribution in [0.2, 0.25) is 0 Å². The standard InChI is InChI=1S/C29H40N2O9.C6H4O2/c1-15-11-19-25(34)20(14-21(32)27(19)39-7)31-28(35)16(2)9-8-10-22(37-5)26(40-29(30)36)18(4)13-17(3)24(33)23(12-15)38-6;7-5-1-2-6(8)4-3-5/h8-10,13-15,17,22-24,26,33H,11-12H2,1-7H3,(H2,30,36)(H,31,35);1-4H/b10-8-,16-9+,18-13+;/t15-,17+,22+,23+,24-,26+;/m1./s1. The third-order valence-electron chi connectivity index (χ3n) is 7.77. The Balaban J connectivity index is 0.000000870. The summed E-state index contributed by atoms with van der Waals surface area (Å²) in [7, 11) is 4.21. The molecule has 0 spiro atoms. The highest BCUT2D eigenvalue weighted by molar-refractivity contribution is 6.23. The van der Waals surface area contributed by atoms with Crippen molar-refractivity contribution >= 4 is 35.1 Å². The van der Waals surface area contributed by atoms with Gasteiger partial charge in [0.25, 0.3) is 5.91 Å². The van der Waals surface area contributed by atoms with Crippen molar-refractivity contribution in [1.82, 2.24) is 5.32 Å². The van der Waals surface area contributed by atoms with E-state index in [1.54, 1.807) is 32.1 Å². The van der Waals surface area contributed by atoms with Crippen LogP contribution in [0.25, 0.3) is 0 Å². The average molecular weight is 669 g/mol. The van der Waals surface area contributed by atoms with E-state index in [2.05, 4.69) is 5.32 Å². The molecule has 1 heterocycles. The zero-order chi connectivity index (χ0) is 36.1. The summed E-state index contributed by atoms with van der Waals surface area (Å²) < 4.78 is 21.7. The van der Waals surface area contributed by atoms with Crippen LogP contribution in [0.15, 0.2) is 82.9 Å². The number of Topliss-reactive ketones (excluding diaryl/α,β-unsaturated/α-hetero) is 1. The monoisotopic (exact) mass is 668 g/mol. The molecule has 0 unspecified atom stereocenters. The summed E-state index contributed by atoms with van der Waals surface area (Å²) in [5.74, 6) is -2.63. The second-order valence-electron chi connectivity index (χ2n) is 11.6. The smallest absolute Gasteiger partial charge is 0.405 e. The molecular formula is C35H44N2O11. The number of nitrogens with two attached hydrogens (primary N) is 1. The Bertz CT molecular complexity index is 1460. The second kappa shape index (κ2) is 18.6. The predicted octanol–water partition coefficient (Wildman–Crippen LogP) is 2.66. The molecule has 13 nitrogen and oxygen atoms in total. The average Bonchev–Trinajstić information content (AvgIpc) is 3.04. The summed E-state index contributed by atoms with van der Waals surface area (Å²) in [5.41, 5.74) is 6.12. The number of aliphatic hydroxyl groups excluding tert-OH is 1. The molecule has 3 aliphatic rings. The SMILES string of the molecule is COC1=C2C[C@@H](C)C[C@H](OC)[C@H](O)[C@@H](C)/C=C(\C)[C@H](OC(N)=O)[C@@H](OC)/C=C\C=C(/C)C(=O)NC(=CC1=O)C2=O.O=C1C=CC(=O)C=C1. The summed E-state index contributed by atoms with van der Waals surface area (Å²) >= 11 is 0. The minimum absolute atomic E-state index is 0.0801. The van der Waals surface area contributed by atoms with Crippen LogP contribution in [-0.4, -0.2) is 86.0 Å². The fourth-order valence-corrected chi connectivity index (χ4v) is 5.22. The fourth-order valence-electron chi connectivity index (χ4n) is 5.22. The molecule has 2 aliphatic carbocycles. The number of nitrogens with one attached hydrogen (secondary N) is 1. The van der Waals surface area contributed by atoms with E-state index in [1.165, 1.54) is 58.6 Å². The van der Waals surface area contributed by atoms with Crippen LogP contribution in [0.1, 0.15) is 40.5 Å². The van der Waals surface area contributed by atoms with Crippen LogP contribution < -0.4 is 11.1 Å². The number of carbonyl (C=O) groups excluding carboxylic acids is 6. The molecule has 0 fully saturated rings. The predicted molar refractivity (Wildman–Crippen MR) is 175 cm³/mol. The van der Waals surface area contributed by atoms with E-state index < -0.39 is 53.9 Å². The van der Waals surface area contributed by atoms with Gasteiger partial charge in [-0.25, -0.2) is 4.79 Å². The number of ketones is 4. The molecule has 260 valence electrons. The van der Waals surface area contributed by atoms with Gasteiger partial charge < -0.3 is 35.1 Å². The van der Waals surface area contributed by atoms with E-state index in [9.17, 15) is 33.9 Å². The maximum atomic E-state index is 13.3.